The van der Waals surface area contributed by atoms with Crippen LogP contribution in [0.1, 0.15) is 102 Å². The van der Waals surface area contributed by atoms with Crippen LogP contribution in [0.25, 0.3) is 0 Å². The predicted octanol–water partition coefficient (Wildman–Crippen LogP) is 6.56. The van der Waals surface area contributed by atoms with Crippen molar-refractivity contribution in [2.24, 2.45) is 11.3 Å². The van der Waals surface area contributed by atoms with Crippen LogP contribution in [0, 0.1) is 11.3 Å². The summed E-state index contributed by atoms with van der Waals surface area (Å²) < 4.78 is 41.4. The molecular weight excluding hydrogens is 477 g/mol. The number of nitrogens with zero attached hydrogens (tertiary/aromatic N) is 2. The highest BCUT2D eigenvalue weighted by Crippen LogP contribution is 2.42. The smallest absolute Gasteiger partial charge is 0.352 e. The van der Waals surface area contributed by atoms with Gasteiger partial charge >= 0.3 is 6.18 Å². The van der Waals surface area contributed by atoms with Crippen LogP contribution in [0.3, 0.4) is 0 Å². The molecule has 0 radical (unpaired) electrons. The zero-order valence-corrected chi connectivity index (χ0v) is 22.8. The second-order valence-electron chi connectivity index (χ2n) is 12.9. The van der Waals surface area contributed by atoms with Crippen LogP contribution in [0.15, 0.2) is 36.5 Å². The Balaban J connectivity index is 1.51. The largest absolute Gasteiger partial charge is 0.416 e. The molecule has 1 saturated carbocycles. The van der Waals surface area contributed by atoms with Gasteiger partial charge in [0.1, 0.15) is 0 Å². The van der Waals surface area contributed by atoms with Gasteiger partial charge in [-0.15, -0.1) is 0 Å². The molecule has 2 heterocycles. The van der Waals surface area contributed by atoms with E-state index in [9.17, 15) is 18.0 Å². The predicted molar refractivity (Wildman–Crippen MR) is 139 cm³/mol. The van der Waals surface area contributed by atoms with Gasteiger partial charge in [-0.05, 0) is 88.0 Å². The summed E-state index contributed by atoms with van der Waals surface area (Å²) in [5, 5.41) is 11.5. The van der Waals surface area contributed by atoms with Gasteiger partial charge in [-0.1, -0.05) is 32.9 Å². The van der Waals surface area contributed by atoms with Gasteiger partial charge < -0.3 is 5.32 Å². The van der Waals surface area contributed by atoms with E-state index in [1.54, 1.807) is 0 Å². The van der Waals surface area contributed by atoms with Crippen LogP contribution in [-0.4, -0.2) is 27.8 Å². The molecular formula is C29H41F3N4O. The molecule has 2 N–H and O–H groups in total. The van der Waals surface area contributed by atoms with Crippen molar-refractivity contribution in [3.8, 4) is 0 Å². The topological polar surface area (TPSA) is 59.0 Å². The summed E-state index contributed by atoms with van der Waals surface area (Å²) in [6, 6.07) is 6.64. The summed E-state index contributed by atoms with van der Waals surface area (Å²) in [6.45, 7) is 13.0. The number of rotatable bonds is 4. The number of alkyl halides is 3. The van der Waals surface area contributed by atoms with Crippen molar-refractivity contribution >= 4 is 5.91 Å². The molecule has 0 bridgehead atoms. The normalized spacial score (nSPS) is 27.3. The van der Waals surface area contributed by atoms with Crippen molar-refractivity contribution in [1.29, 1.82) is 0 Å². The Morgan fingerprint density at radius 2 is 1.59 bits per heavy atom. The summed E-state index contributed by atoms with van der Waals surface area (Å²) >= 11 is 0. The molecule has 3 atom stereocenters. The Bertz CT molecular complexity index is 1070. The third-order valence-electron chi connectivity index (χ3n) is 8.16. The minimum Gasteiger partial charge on any atom is -0.352 e. The molecule has 1 aromatic carbocycles. The van der Waals surface area contributed by atoms with Crippen molar-refractivity contribution in [3.63, 3.8) is 0 Å². The highest BCUT2D eigenvalue weighted by Gasteiger charge is 2.41. The van der Waals surface area contributed by atoms with E-state index in [0.29, 0.717) is 12.3 Å². The van der Waals surface area contributed by atoms with Crippen LogP contribution in [0.2, 0.25) is 0 Å². The molecule has 1 aliphatic carbocycles. The van der Waals surface area contributed by atoms with Crippen molar-refractivity contribution < 1.29 is 18.0 Å². The molecule has 0 unspecified atom stereocenters. The lowest BCUT2D eigenvalue weighted by atomic mass is 9.71. The number of carbonyl (C=O) groups excluding carboxylic acids is 1. The Kier molecular flexibility index (Phi) is 7.54. The standard InChI is InChI=1S/C29H41F3N4O/c1-27(2,3)19-11-13-21(14-12-19)33-26(37)24-17-22(23-15-16-36(35-23)28(4,5)6)25(34-24)18-7-9-20(10-8-18)29(30,31)32/h7-10,15-16,19,21-22,24-25,34H,11-14,17H2,1-6H3,(H,33,37)/t19?,21?,22-,24-,25-/m0/s1. The molecule has 5 nitrogen and oxygen atoms in total. The van der Waals surface area contributed by atoms with Gasteiger partial charge in [0.05, 0.1) is 22.8 Å². The lowest BCUT2D eigenvalue weighted by Gasteiger charge is -2.37. The zero-order valence-electron chi connectivity index (χ0n) is 22.8. The summed E-state index contributed by atoms with van der Waals surface area (Å²) in [7, 11) is 0. The Morgan fingerprint density at radius 3 is 2.11 bits per heavy atom. The first-order valence-electron chi connectivity index (χ1n) is 13.4. The first kappa shape index (κ1) is 27.7. The molecule has 0 spiro atoms. The van der Waals surface area contributed by atoms with Crippen LogP contribution in [-0.2, 0) is 16.5 Å². The number of nitrogens with one attached hydrogen (secondary N) is 2. The maximum Gasteiger partial charge on any atom is 0.416 e. The molecule has 1 saturated heterocycles. The molecule has 204 valence electrons. The second kappa shape index (κ2) is 10.1. The van der Waals surface area contributed by atoms with Gasteiger partial charge in [-0.2, -0.15) is 18.3 Å². The van der Waals surface area contributed by atoms with Gasteiger partial charge in [0.15, 0.2) is 0 Å². The number of halogens is 3. The van der Waals surface area contributed by atoms with Crippen molar-refractivity contribution in [2.45, 2.75) is 109 Å². The van der Waals surface area contributed by atoms with Crippen LogP contribution in [0.4, 0.5) is 13.2 Å². The fourth-order valence-electron chi connectivity index (χ4n) is 5.79. The Labute approximate surface area is 218 Å². The van der Waals surface area contributed by atoms with Gasteiger partial charge in [0.2, 0.25) is 5.91 Å². The quantitative estimate of drug-likeness (QED) is 0.482. The van der Waals surface area contributed by atoms with E-state index in [-0.39, 0.29) is 34.9 Å². The third-order valence-corrected chi connectivity index (χ3v) is 8.16. The molecule has 37 heavy (non-hydrogen) atoms. The van der Waals surface area contributed by atoms with Crippen LogP contribution in [0.5, 0.6) is 0 Å². The molecule has 1 aromatic heterocycles. The van der Waals surface area contributed by atoms with Crippen LogP contribution < -0.4 is 10.6 Å². The lowest BCUT2D eigenvalue weighted by Crippen LogP contribution is -2.47. The SMILES string of the molecule is CC(C)(C)C1CCC(NC(=O)[C@@H]2C[C@@H](c3ccn(C(C)(C)C)n3)[C@H](c3ccc(C(F)(F)F)cc3)N2)CC1. The highest BCUT2D eigenvalue weighted by atomic mass is 19.4. The second-order valence-corrected chi connectivity index (χ2v) is 12.9. The highest BCUT2D eigenvalue weighted by molar-refractivity contribution is 5.82. The molecule has 4 rings (SSSR count). The summed E-state index contributed by atoms with van der Waals surface area (Å²) in [5.41, 5.74) is 0.970. The zero-order chi connectivity index (χ0) is 27.2. The van der Waals surface area contributed by atoms with Gasteiger partial charge in [-0.25, -0.2) is 0 Å². The molecule has 1 amide bonds. The number of amides is 1. The van der Waals surface area contributed by atoms with Gasteiger partial charge in [-0.3, -0.25) is 14.8 Å². The van der Waals surface area contributed by atoms with E-state index in [0.717, 1.165) is 49.1 Å². The van der Waals surface area contributed by atoms with Crippen molar-refractivity contribution in [1.82, 2.24) is 20.4 Å². The fourth-order valence-corrected chi connectivity index (χ4v) is 5.79. The van der Waals surface area contributed by atoms with E-state index in [1.165, 1.54) is 12.1 Å². The first-order valence-corrected chi connectivity index (χ1v) is 13.4. The first-order chi connectivity index (χ1) is 17.1. The van der Waals surface area contributed by atoms with Gasteiger partial charge in [0.25, 0.3) is 0 Å². The number of benzene rings is 1. The molecule has 8 heteroatoms. The van der Waals surface area contributed by atoms with Crippen molar-refractivity contribution in [2.75, 3.05) is 0 Å². The number of carbonyl (C=O) groups is 1. The number of aromatic nitrogens is 2. The van der Waals surface area contributed by atoms with Crippen molar-refractivity contribution in [3.05, 3.63) is 53.3 Å². The molecule has 2 aliphatic rings. The van der Waals surface area contributed by atoms with E-state index in [2.05, 4.69) is 52.2 Å². The summed E-state index contributed by atoms with van der Waals surface area (Å²) in [5.74, 6) is 0.498. The fraction of sp³-hybridized carbons (Fsp3) is 0.655. The minimum absolute atomic E-state index is 0.0334. The maximum absolute atomic E-state index is 13.3. The Morgan fingerprint density at radius 1 is 0.973 bits per heavy atom. The van der Waals surface area contributed by atoms with Crippen LogP contribution >= 0.6 is 0 Å². The maximum atomic E-state index is 13.3. The van der Waals surface area contributed by atoms with E-state index in [4.69, 9.17) is 5.10 Å². The van der Waals surface area contributed by atoms with E-state index >= 15 is 0 Å². The molecule has 2 fully saturated rings. The van der Waals surface area contributed by atoms with E-state index < -0.39 is 17.8 Å². The average molecular weight is 519 g/mol. The van der Waals surface area contributed by atoms with E-state index in [1.807, 2.05) is 16.9 Å². The molecule has 1 aliphatic heterocycles. The lowest BCUT2D eigenvalue weighted by molar-refractivity contribution is -0.137. The molecule has 2 aromatic rings. The summed E-state index contributed by atoms with van der Waals surface area (Å²) in [6.07, 6.45) is 2.24. The minimum atomic E-state index is -4.39. The number of hydrogen-bond acceptors (Lipinski definition) is 3. The average Bonchev–Trinajstić information content (AvgIpc) is 3.46. The Hall–Kier alpha value is -2.35. The third kappa shape index (κ3) is 6.39. The number of hydrogen-bond donors (Lipinski definition) is 2. The summed E-state index contributed by atoms with van der Waals surface area (Å²) in [4.78, 5) is 13.3. The van der Waals surface area contributed by atoms with Gasteiger partial charge in [0, 0.05) is 24.2 Å². The monoisotopic (exact) mass is 518 g/mol.